The molecule has 1 aromatic rings. The van der Waals surface area contributed by atoms with Crippen LogP contribution < -0.4 is 5.73 Å². The average molecular weight is 304 g/mol. The highest BCUT2D eigenvalue weighted by molar-refractivity contribution is 5.88. The summed E-state index contributed by atoms with van der Waals surface area (Å²) in [6.07, 6.45) is 6.04. The first kappa shape index (κ1) is 15.5. The summed E-state index contributed by atoms with van der Waals surface area (Å²) in [5.74, 6) is 0.407. The summed E-state index contributed by atoms with van der Waals surface area (Å²) in [6.45, 7) is 2.25. The highest BCUT2D eigenvalue weighted by Crippen LogP contribution is 2.43. The third-order valence-corrected chi connectivity index (χ3v) is 5.40. The van der Waals surface area contributed by atoms with Crippen molar-refractivity contribution in [2.75, 3.05) is 19.6 Å². The van der Waals surface area contributed by atoms with Crippen LogP contribution in [-0.4, -0.2) is 30.4 Å². The number of benzene rings is 1. The maximum absolute atomic E-state index is 13.3. The van der Waals surface area contributed by atoms with Crippen molar-refractivity contribution in [3.63, 3.8) is 0 Å². The molecule has 120 valence electrons. The van der Waals surface area contributed by atoms with Gasteiger partial charge in [-0.15, -0.1) is 0 Å². The Morgan fingerprint density at radius 3 is 2.55 bits per heavy atom. The van der Waals surface area contributed by atoms with Crippen molar-refractivity contribution < 1.29 is 9.18 Å². The summed E-state index contributed by atoms with van der Waals surface area (Å²) in [7, 11) is 0. The van der Waals surface area contributed by atoms with E-state index in [0.29, 0.717) is 12.5 Å². The summed E-state index contributed by atoms with van der Waals surface area (Å²) >= 11 is 0. The Bertz CT molecular complexity index is 522. The molecule has 1 atom stereocenters. The number of halogens is 1. The second-order valence-corrected chi connectivity index (χ2v) is 6.79. The van der Waals surface area contributed by atoms with Crippen LogP contribution in [0.2, 0.25) is 0 Å². The summed E-state index contributed by atoms with van der Waals surface area (Å²) in [4.78, 5) is 15.3. The van der Waals surface area contributed by atoms with Gasteiger partial charge in [-0.2, -0.15) is 0 Å². The number of amides is 1. The number of carbonyl (C=O) groups is 1. The molecule has 0 spiro atoms. The minimum absolute atomic E-state index is 0.231. The number of carbonyl (C=O) groups excluding carboxylic acids is 1. The fourth-order valence-corrected chi connectivity index (χ4v) is 4.12. The van der Waals surface area contributed by atoms with Gasteiger partial charge in [0.2, 0.25) is 5.91 Å². The van der Waals surface area contributed by atoms with E-state index in [1.54, 1.807) is 12.1 Å². The number of hydrogen-bond donors (Lipinski definition) is 1. The zero-order valence-corrected chi connectivity index (χ0v) is 13.1. The predicted octanol–water partition coefficient (Wildman–Crippen LogP) is 2.83. The molecular weight excluding hydrogens is 279 g/mol. The normalized spacial score (nSPS) is 24.5. The molecule has 1 aromatic carbocycles. The Morgan fingerprint density at radius 2 is 1.91 bits per heavy atom. The molecule has 22 heavy (non-hydrogen) atoms. The van der Waals surface area contributed by atoms with Crippen molar-refractivity contribution in [3.8, 4) is 0 Å². The minimum atomic E-state index is -0.440. The molecule has 1 amide bonds. The Hall–Kier alpha value is -1.42. The van der Waals surface area contributed by atoms with Gasteiger partial charge in [-0.05, 0) is 55.8 Å². The van der Waals surface area contributed by atoms with Crippen LogP contribution >= 0.6 is 0 Å². The van der Waals surface area contributed by atoms with Crippen LogP contribution in [-0.2, 0) is 10.2 Å². The van der Waals surface area contributed by atoms with Crippen molar-refractivity contribution in [1.29, 1.82) is 0 Å². The highest BCUT2D eigenvalue weighted by Gasteiger charge is 2.45. The van der Waals surface area contributed by atoms with Gasteiger partial charge in [0.15, 0.2) is 0 Å². The van der Waals surface area contributed by atoms with E-state index in [2.05, 4.69) is 0 Å². The minimum Gasteiger partial charge on any atom is -0.342 e. The number of hydrogen-bond acceptors (Lipinski definition) is 2. The van der Waals surface area contributed by atoms with Crippen LogP contribution in [0.5, 0.6) is 0 Å². The fourth-order valence-electron chi connectivity index (χ4n) is 4.12. The molecule has 1 aliphatic carbocycles. The molecule has 1 heterocycles. The lowest BCUT2D eigenvalue weighted by Gasteiger charge is -2.39. The van der Waals surface area contributed by atoms with E-state index in [1.807, 2.05) is 4.90 Å². The number of nitrogens with two attached hydrogens (primary N) is 1. The number of nitrogens with zero attached hydrogens (tertiary/aromatic N) is 1. The quantitative estimate of drug-likeness (QED) is 0.933. The second-order valence-electron chi connectivity index (χ2n) is 6.79. The van der Waals surface area contributed by atoms with E-state index in [-0.39, 0.29) is 11.7 Å². The topological polar surface area (TPSA) is 46.3 Å². The van der Waals surface area contributed by atoms with Crippen molar-refractivity contribution in [1.82, 2.24) is 4.90 Å². The monoisotopic (exact) mass is 304 g/mol. The first-order chi connectivity index (χ1) is 10.7. The summed E-state index contributed by atoms with van der Waals surface area (Å²) in [6, 6.07) is 6.54. The molecule has 3 rings (SSSR count). The molecule has 2 fully saturated rings. The van der Waals surface area contributed by atoms with Crippen molar-refractivity contribution in [2.45, 2.75) is 43.9 Å². The number of likely N-dealkylation sites (tertiary alicyclic amines) is 1. The molecule has 1 saturated carbocycles. The number of piperidine rings is 1. The number of rotatable bonds is 3. The molecule has 0 radical (unpaired) electrons. The van der Waals surface area contributed by atoms with Gasteiger partial charge in [-0.3, -0.25) is 4.79 Å². The molecule has 2 aliphatic rings. The fraction of sp³-hybridized carbons (Fsp3) is 0.611. The van der Waals surface area contributed by atoms with Crippen molar-refractivity contribution in [2.24, 2.45) is 11.7 Å². The predicted molar refractivity (Wildman–Crippen MR) is 84.9 cm³/mol. The second kappa shape index (κ2) is 6.37. The molecule has 3 nitrogen and oxygen atoms in total. The third-order valence-electron chi connectivity index (χ3n) is 5.40. The van der Waals surface area contributed by atoms with E-state index in [9.17, 15) is 9.18 Å². The molecule has 4 heteroatoms. The van der Waals surface area contributed by atoms with Crippen LogP contribution in [0, 0.1) is 11.7 Å². The zero-order valence-electron chi connectivity index (χ0n) is 13.1. The summed E-state index contributed by atoms with van der Waals surface area (Å²) in [5.41, 5.74) is 6.34. The van der Waals surface area contributed by atoms with E-state index in [1.165, 1.54) is 12.1 Å². The van der Waals surface area contributed by atoms with Crippen LogP contribution in [0.3, 0.4) is 0 Å². The Balaban J connectivity index is 1.87. The van der Waals surface area contributed by atoms with Crippen LogP contribution in [0.1, 0.15) is 44.1 Å². The standard InChI is InChI=1S/C18H25FN2O/c19-16-7-5-15(6-8-16)18(9-1-2-10-18)17(22)21-11-3-4-14(12-20)13-21/h5-8,14H,1-4,9-13,20H2/t14-/m1/s1. The van der Waals surface area contributed by atoms with Gasteiger partial charge >= 0.3 is 0 Å². The maximum atomic E-state index is 13.3. The Kier molecular flexibility index (Phi) is 4.48. The molecule has 0 aromatic heterocycles. The van der Waals surface area contributed by atoms with Crippen molar-refractivity contribution in [3.05, 3.63) is 35.6 Å². The molecule has 1 saturated heterocycles. The average Bonchev–Trinajstić information content (AvgIpc) is 3.05. The molecule has 2 N–H and O–H groups in total. The van der Waals surface area contributed by atoms with Crippen LogP contribution in [0.15, 0.2) is 24.3 Å². The Labute approximate surface area is 131 Å². The molecule has 0 bridgehead atoms. The van der Waals surface area contributed by atoms with Crippen molar-refractivity contribution >= 4 is 5.91 Å². The SMILES string of the molecule is NC[C@H]1CCCN(C(=O)C2(c3ccc(F)cc3)CCCC2)C1. The van der Waals surface area contributed by atoms with Gasteiger partial charge in [-0.25, -0.2) is 4.39 Å². The van der Waals surface area contributed by atoms with Gasteiger partial charge in [0.05, 0.1) is 5.41 Å². The first-order valence-corrected chi connectivity index (χ1v) is 8.41. The molecular formula is C18H25FN2O. The lowest BCUT2D eigenvalue weighted by atomic mass is 9.77. The summed E-state index contributed by atoms with van der Waals surface area (Å²) in [5, 5.41) is 0. The van der Waals surface area contributed by atoms with Gasteiger partial charge in [0, 0.05) is 13.1 Å². The lowest BCUT2D eigenvalue weighted by Crippen LogP contribution is -2.50. The van der Waals surface area contributed by atoms with E-state index >= 15 is 0 Å². The molecule has 1 aliphatic heterocycles. The van der Waals surface area contributed by atoms with Gasteiger partial charge in [0.25, 0.3) is 0 Å². The summed E-state index contributed by atoms with van der Waals surface area (Å²) < 4.78 is 13.2. The van der Waals surface area contributed by atoms with E-state index < -0.39 is 5.41 Å². The Morgan fingerprint density at radius 1 is 1.23 bits per heavy atom. The van der Waals surface area contributed by atoms with E-state index in [4.69, 9.17) is 5.73 Å². The van der Waals surface area contributed by atoms with Gasteiger partial charge in [-0.1, -0.05) is 25.0 Å². The highest BCUT2D eigenvalue weighted by atomic mass is 19.1. The van der Waals surface area contributed by atoms with Crippen LogP contribution in [0.4, 0.5) is 4.39 Å². The largest absolute Gasteiger partial charge is 0.342 e. The molecule has 0 unspecified atom stereocenters. The maximum Gasteiger partial charge on any atom is 0.233 e. The van der Waals surface area contributed by atoms with Gasteiger partial charge < -0.3 is 10.6 Å². The first-order valence-electron chi connectivity index (χ1n) is 8.41. The van der Waals surface area contributed by atoms with Gasteiger partial charge in [0.1, 0.15) is 5.82 Å². The van der Waals surface area contributed by atoms with E-state index in [0.717, 1.165) is 57.2 Å². The van der Waals surface area contributed by atoms with Crippen LogP contribution in [0.25, 0.3) is 0 Å². The third kappa shape index (κ3) is 2.76. The lowest BCUT2D eigenvalue weighted by molar-refractivity contribution is -0.139. The smallest absolute Gasteiger partial charge is 0.233 e. The zero-order chi connectivity index (χ0) is 15.6.